The Bertz CT molecular complexity index is 1070. The van der Waals surface area contributed by atoms with E-state index in [1.165, 1.54) is 25.6 Å². The van der Waals surface area contributed by atoms with Crippen molar-refractivity contribution in [3.63, 3.8) is 0 Å². The van der Waals surface area contributed by atoms with Gasteiger partial charge in [-0.3, -0.25) is 14.9 Å². The topological polar surface area (TPSA) is 98.8 Å². The number of rotatable bonds is 8. The van der Waals surface area contributed by atoms with Crippen molar-refractivity contribution in [1.82, 2.24) is 4.98 Å². The van der Waals surface area contributed by atoms with Crippen LogP contribution >= 0.6 is 11.3 Å². The second-order valence-electron chi connectivity index (χ2n) is 6.61. The van der Waals surface area contributed by atoms with E-state index in [9.17, 15) is 9.59 Å². The molecule has 0 aliphatic rings. The largest absolute Gasteiger partial charge is 0.497 e. The van der Waals surface area contributed by atoms with Crippen LogP contribution < -0.4 is 24.8 Å². The van der Waals surface area contributed by atoms with Crippen molar-refractivity contribution in [2.24, 2.45) is 0 Å². The third kappa shape index (κ3) is 5.73. The van der Waals surface area contributed by atoms with E-state index in [0.717, 1.165) is 11.3 Å². The Balaban J connectivity index is 1.62. The number of methoxy groups -OCH3 is 3. The normalized spacial score (nSPS) is 10.3. The van der Waals surface area contributed by atoms with E-state index in [2.05, 4.69) is 15.6 Å². The quantitative estimate of drug-likeness (QED) is 0.550. The number of hydrogen-bond donors (Lipinski definition) is 2. The number of aromatic nitrogens is 1. The molecule has 3 aromatic rings. The van der Waals surface area contributed by atoms with Gasteiger partial charge in [0.15, 0.2) is 5.13 Å². The fraction of sp³-hybridized carbons (Fsp3) is 0.227. The SMILES string of the molecule is COc1cc(OC)cc(C(=O)Nc2nc(CC(=O)Nc3ccc(OC)c(C)c3)cs2)c1. The Morgan fingerprint density at radius 2 is 1.68 bits per heavy atom. The number of carbonyl (C=O) groups is 2. The second-order valence-corrected chi connectivity index (χ2v) is 7.47. The third-order valence-corrected chi connectivity index (χ3v) is 5.21. The summed E-state index contributed by atoms with van der Waals surface area (Å²) in [7, 11) is 4.63. The fourth-order valence-electron chi connectivity index (χ4n) is 2.88. The molecule has 0 fully saturated rings. The van der Waals surface area contributed by atoms with Crippen LogP contribution in [0, 0.1) is 6.92 Å². The molecule has 1 heterocycles. The van der Waals surface area contributed by atoms with Gasteiger partial charge >= 0.3 is 0 Å². The molecule has 2 aromatic carbocycles. The lowest BCUT2D eigenvalue weighted by Gasteiger charge is -2.08. The molecule has 0 radical (unpaired) electrons. The fourth-order valence-corrected chi connectivity index (χ4v) is 3.58. The molecule has 162 valence electrons. The highest BCUT2D eigenvalue weighted by molar-refractivity contribution is 7.14. The van der Waals surface area contributed by atoms with Crippen LogP contribution in [0.3, 0.4) is 0 Å². The number of hydrogen-bond acceptors (Lipinski definition) is 7. The van der Waals surface area contributed by atoms with Crippen LogP contribution in [-0.2, 0) is 11.2 Å². The number of aryl methyl sites for hydroxylation is 1. The standard InChI is InChI=1S/C22H23N3O5S/c1-13-7-15(5-6-19(13)30-4)23-20(26)10-16-12-31-22(24-16)25-21(27)14-8-17(28-2)11-18(9-14)29-3/h5-9,11-12H,10H2,1-4H3,(H,23,26)(H,24,25,27). The number of amides is 2. The lowest BCUT2D eigenvalue weighted by molar-refractivity contribution is -0.115. The number of anilines is 2. The summed E-state index contributed by atoms with van der Waals surface area (Å²) in [6, 6.07) is 10.3. The number of thiazole rings is 1. The van der Waals surface area contributed by atoms with Gasteiger partial charge in [-0.2, -0.15) is 0 Å². The summed E-state index contributed by atoms with van der Waals surface area (Å²) in [6.07, 6.45) is 0.0877. The highest BCUT2D eigenvalue weighted by atomic mass is 32.1. The Morgan fingerprint density at radius 3 is 2.29 bits per heavy atom. The molecule has 0 bridgehead atoms. The van der Waals surface area contributed by atoms with E-state index in [0.29, 0.717) is 33.6 Å². The lowest BCUT2D eigenvalue weighted by atomic mass is 10.2. The van der Waals surface area contributed by atoms with Crippen molar-refractivity contribution in [1.29, 1.82) is 0 Å². The smallest absolute Gasteiger partial charge is 0.257 e. The van der Waals surface area contributed by atoms with E-state index in [1.54, 1.807) is 42.8 Å². The first-order valence-corrected chi connectivity index (χ1v) is 10.2. The molecule has 0 atom stereocenters. The molecule has 3 rings (SSSR count). The van der Waals surface area contributed by atoms with Crippen molar-refractivity contribution in [2.45, 2.75) is 13.3 Å². The number of nitrogens with one attached hydrogen (secondary N) is 2. The van der Waals surface area contributed by atoms with Gasteiger partial charge in [-0.1, -0.05) is 0 Å². The summed E-state index contributed by atoms with van der Waals surface area (Å²) in [4.78, 5) is 29.2. The molecule has 2 amide bonds. The number of benzene rings is 2. The van der Waals surface area contributed by atoms with Gasteiger partial charge in [0.1, 0.15) is 17.2 Å². The first-order valence-electron chi connectivity index (χ1n) is 9.35. The van der Waals surface area contributed by atoms with Crippen molar-refractivity contribution >= 4 is 34.0 Å². The zero-order chi connectivity index (χ0) is 22.4. The number of nitrogens with zero attached hydrogens (tertiary/aromatic N) is 1. The van der Waals surface area contributed by atoms with E-state index in [-0.39, 0.29) is 18.2 Å². The monoisotopic (exact) mass is 441 g/mol. The molecular weight excluding hydrogens is 418 g/mol. The molecular formula is C22H23N3O5S. The van der Waals surface area contributed by atoms with Crippen LogP contribution in [0.1, 0.15) is 21.6 Å². The van der Waals surface area contributed by atoms with Gasteiger partial charge < -0.3 is 19.5 Å². The minimum absolute atomic E-state index is 0.0877. The Hall–Kier alpha value is -3.59. The molecule has 0 aliphatic carbocycles. The predicted octanol–water partition coefficient (Wildman–Crippen LogP) is 3.91. The summed E-state index contributed by atoms with van der Waals surface area (Å²) >= 11 is 1.25. The van der Waals surface area contributed by atoms with Gasteiger partial charge in [-0.15, -0.1) is 11.3 Å². The van der Waals surface area contributed by atoms with Gasteiger partial charge in [0.2, 0.25) is 5.91 Å². The minimum Gasteiger partial charge on any atom is -0.497 e. The van der Waals surface area contributed by atoms with Gasteiger partial charge in [-0.05, 0) is 42.8 Å². The maximum absolute atomic E-state index is 12.6. The third-order valence-electron chi connectivity index (χ3n) is 4.41. The van der Waals surface area contributed by atoms with E-state index >= 15 is 0 Å². The first kappa shape index (κ1) is 22.1. The number of carbonyl (C=O) groups excluding carboxylic acids is 2. The van der Waals surface area contributed by atoms with Crippen LogP contribution in [0.25, 0.3) is 0 Å². The average molecular weight is 442 g/mol. The van der Waals surface area contributed by atoms with Crippen LogP contribution in [0.4, 0.5) is 10.8 Å². The predicted molar refractivity (Wildman–Crippen MR) is 120 cm³/mol. The van der Waals surface area contributed by atoms with Gasteiger partial charge in [0, 0.05) is 22.7 Å². The van der Waals surface area contributed by atoms with Crippen LogP contribution in [-0.4, -0.2) is 38.1 Å². The van der Waals surface area contributed by atoms with Crippen LogP contribution in [0.2, 0.25) is 0 Å². The molecule has 9 heteroatoms. The molecule has 8 nitrogen and oxygen atoms in total. The van der Waals surface area contributed by atoms with Gasteiger partial charge in [0.05, 0.1) is 33.4 Å². The molecule has 0 spiro atoms. The van der Waals surface area contributed by atoms with Crippen molar-refractivity contribution in [3.8, 4) is 17.2 Å². The Labute approximate surface area is 184 Å². The van der Waals surface area contributed by atoms with E-state index < -0.39 is 0 Å². The Kier molecular flexibility index (Phi) is 7.09. The molecule has 1 aromatic heterocycles. The first-order chi connectivity index (χ1) is 14.9. The summed E-state index contributed by atoms with van der Waals surface area (Å²) in [5, 5.41) is 7.71. The minimum atomic E-state index is -0.351. The summed E-state index contributed by atoms with van der Waals surface area (Å²) in [5.41, 5.74) is 2.54. The van der Waals surface area contributed by atoms with E-state index in [1.807, 2.05) is 13.0 Å². The summed E-state index contributed by atoms with van der Waals surface area (Å²) < 4.78 is 15.6. The summed E-state index contributed by atoms with van der Waals surface area (Å²) in [5.74, 6) is 1.22. The van der Waals surface area contributed by atoms with Crippen LogP contribution in [0.5, 0.6) is 17.2 Å². The van der Waals surface area contributed by atoms with Crippen LogP contribution in [0.15, 0.2) is 41.8 Å². The zero-order valence-electron chi connectivity index (χ0n) is 17.6. The average Bonchev–Trinajstić information content (AvgIpc) is 3.19. The second kappa shape index (κ2) is 9.94. The molecule has 0 saturated carbocycles. The molecule has 31 heavy (non-hydrogen) atoms. The lowest BCUT2D eigenvalue weighted by Crippen LogP contribution is -2.15. The maximum Gasteiger partial charge on any atom is 0.257 e. The highest BCUT2D eigenvalue weighted by Crippen LogP contribution is 2.25. The molecule has 0 aliphatic heterocycles. The Morgan fingerprint density at radius 1 is 0.968 bits per heavy atom. The van der Waals surface area contributed by atoms with E-state index in [4.69, 9.17) is 14.2 Å². The van der Waals surface area contributed by atoms with Gasteiger partial charge in [-0.25, -0.2) is 4.98 Å². The highest BCUT2D eigenvalue weighted by Gasteiger charge is 2.14. The molecule has 0 saturated heterocycles. The number of ether oxygens (including phenoxy) is 3. The summed E-state index contributed by atoms with van der Waals surface area (Å²) in [6.45, 7) is 1.90. The molecule has 0 unspecified atom stereocenters. The van der Waals surface area contributed by atoms with Gasteiger partial charge in [0.25, 0.3) is 5.91 Å². The van der Waals surface area contributed by atoms with Crippen molar-refractivity contribution in [2.75, 3.05) is 32.0 Å². The van der Waals surface area contributed by atoms with Crippen molar-refractivity contribution in [3.05, 3.63) is 58.6 Å². The maximum atomic E-state index is 12.6. The molecule has 2 N–H and O–H groups in total. The zero-order valence-corrected chi connectivity index (χ0v) is 18.5. The van der Waals surface area contributed by atoms with Crippen molar-refractivity contribution < 1.29 is 23.8 Å².